The molecule has 2 aromatic heterocycles. The highest BCUT2D eigenvalue weighted by molar-refractivity contribution is 5.91. The fraction of sp³-hybridized carbons (Fsp3) is 0.263. The number of pyridine rings is 1. The van der Waals surface area contributed by atoms with E-state index in [0.717, 1.165) is 22.6 Å². The second-order valence-corrected chi connectivity index (χ2v) is 6.37. The monoisotopic (exact) mass is 305 g/mol. The van der Waals surface area contributed by atoms with Gasteiger partial charge in [-0.05, 0) is 55.5 Å². The van der Waals surface area contributed by atoms with Crippen molar-refractivity contribution < 1.29 is 4.79 Å². The fourth-order valence-electron chi connectivity index (χ4n) is 2.78. The van der Waals surface area contributed by atoms with Gasteiger partial charge in [-0.1, -0.05) is 12.1 Å². The molecule has 2 heterocycles. The van der Waals surface area contributed by atoms with Gasteiger partial charge >= 0.3 is 0 Å². The highest BCUT2D eigenvalue weighted by atomic mass is 16.1. The van der Waals surface area contributed by atoms with Crippen LogP contribution in [0, 0.1) is 12.8 Å². The molecule has 1 fully saturated rings. The van der Waals surface area contributed by atoms with Crippen molar-refractivity contribution in [2.24, 2.45) is 5.92 Å². The van der Waals surface area contributed by atoms with Crippen LogP contribution in [0.4, 0.5) is 5.69 Å². The lowest BCUT2D eigenvalue weighted by Crippen LogP contribution is -2.11. The first kappa shape index (κ1) is 14.0. The Kier molecular flexibility index (Phi) is 3.37. The summed E-state index contributed by atoms with van der Waals surface area (Å²) >= 11 is 0. The first-order valence-corrected chi connectivity index (χ1v) is 8.03. The van der Waals surface area contributed by atoms with E-state index < -0.39 is 0 Å². The summed E-state index contributed by atoms with van der Waals surface area (Å²) in [6.45, 7) is 2.06. The zero-order chi connectivity index (χ0) is 15.8. The molecular weight excluding hydrogens is 286 g/mol. The molecule has 4 rings (SSSR count). The van der Waals surface area contributed by atoms with Crippen molar-refractivity contribution in [2.45, 2.75) is 26.2 Å². The zero-order valence-electron chi connectivity index (χ0n) is 13.1. The van der Waals surface area contributed by atoms with Crippen molar-refractivity contribution >= 4 is 17.2 Å². The molecule has 1 saturated carbocycles. The first-order valence-electron chi connectivity index (χ1n) is 8.03. The van der Waals surface area contributed by atoms with Gasteiger partial charge in [0.2, 0.25) is 5.91 Å². The molecule has 0 bridgehead atoms. The first-order chi connectivity index (χ1) is 11.2. The number of aromatic nitrogens is 2. The van der Waals surface area contributed by atoms with Crippen molar-refractivity contribution in [3.8, 4) is 11.3 Å². The van der Waals surface area contributed by atoms with E-state index in [9.17, 15) is 4.79 Å². The number of hydrogen-bond acceptors (Lipinski definition) is 2. The Morgan fingerprint density at radius 3 is 3.00 bits per heavy atom. The standard InChI is InChI=1S/C19H19N3O/c1-13-7-8-22-12-17(21-18(22)9-13)15-3-2-4-16(11-15)20-19(23)10-14-5-6-14/h2-4,7-9,11-12,14H,5-6,10H2,1H3,(H,20,23). The minimum Gasteiger partial charge on any atom is -0.326 e. The molecule has 1 aliphatic rings. The van der Waals surface area contributed by atoms with E-state index in [1.165, 1.54) is 18.4 Å². The molecule has 1 aromatic carbocycles. The topological polar surface area (TPSA) is 46.4 Å². The average Bonchev–Trinajstić information content (AvgIpc) is 3.23. The van der Waals surface area contributed by atoms with Gasteiger partial charge in [0.1, 0.15) is 5.65 Å². The smallest absolute Gasteiger partial charge is 0.224 e. The number of carbonyl (C=O) groups excluding carboxylic acids is 1. The van der Waals surface area contributed by atoms with Gasteiger partial charge in [-0.3, -0.25) is 4.79 Å². The van der Waals surface area contributed by atoms with Crippen LogP contribution in [0.1, 0.15) is 24.8 Å². The molecular formula is C19H19N3O. The second-order valence-electron chi connectivity index (χ2n) is 6.37. The van der Waals surface area contributed by atoms with Crippen LogP contribution < -0.4 is 5.32 Å². The van der Waals surface area contributed by atoms with Gasteiger partial charge in [0.15, 0.2) is 0 Å². The summed E-state index contributed by atoms with van der Waals surface area (Å²) < 4.78 is 2.01. The molecule has 116 valence electrons. The zero-order valence-corrected chi connectivity index (χ0v) is 13.1. The number of amides is 1. The number of anilines is 1. The molecule has 0 radical (unpaired) electrons. The lowest BCUT2D eigenvalue weighted by atomic mass is 10.1. The fourth-order valence-corrected chi connectivity index (χ4v) is 2.78. The Morgan fingerprint density at radius 1 is 1.30 bits per heavy atom. The Bertz CT molecular complexity index is 877. The molecule has 0 unspecified atom stereocenters. The van der Waals surface area contributed by atoms with Crippen LogP contribution >= 0.6 is 0 Å². The van der Waals surface area contributed by atoms with Gasteiger partial charge in [0.05, 0.1) is 5.69 Å². The average molecular weight is 305 g/mol. The summed E-state index contributed by atoms with van der Waals surface area (Å²) in [4.78, 5) is 16.6. The van der Waals surface area contributed by atoms with Gasteiger partial charge in [0.25, 0.3) is 0 Å². The van der Waals surface area contributed by atoms with Crippen LogP contribution in [0.15, 0.2) is 48.8 Å². The quantitative estimate of drug-likeness (QED) is 0.790. The predicted molar refractivity (Wildman–Crippen MR) is 91.3 cm³/mol. The lowest BCUT2D eigenvalue weighted by molar-refractivity contribution is -0.116. The molecule has 1 N–H and O–H groups in total. The number of hydrogen-bond donors (Lipinski definition) is 1. The van der Waals surface area contributed by atoms with Crippen LogP contribution in [0.2, 0.25) is 0 Å². The maximum absolute atomic E-state index is 12.0. The summed E-state index contributed by atoms with van der Waals surface area (Å²) in [6.07, 6.45) is 7.04. The molecule has 1 amide bonds. The number of aryl methyl sites for hydroxylation is 1. The van der Waals surface area contributed by atoms with E-state index in [2.05, 4.69) is 29.4 Å². The third-order valence-corrected chi connectivity index (χ3v) is 4.23. The van der Waals surface area contributed by atoms with E-state index in [0.29, 0.717) is 12.3 Å². The molecule has 4 nitrogen and oxygen atoms in total. The lowest BCUT2D eigenvalue weighted by Gasteiger charge is -2.06. The number of carbonyl (C=O) groups is 1. The predicted octanol–water partition coefficient (Wildman–Crippen LogP) is 4.05. The van der Waals surface area contributed by atoms with Crippen LogP contribution in [-0.2, 0) is 4.79 Å². The van der Waals surface area contributed by atoms with Crippen molar-refractivity contribution in [1.82, 2.24) is 9.38 Å². The number of benzene rings is 1. The molecule has 0 atom stereocenters. The van der Waals surface area contributed by atoms with Crippen LogP contribution in [0.3, 0.4) is 0 Å². The number of rotatable bonds is 4. The van der Waals surface area contributed by atoms with Gasteiger partial charge < -0.3 is 9.72 Å². The summed E-state index contributed by atoms with van der Waals surface area (Å²) in [7, 11) is 0. The van der Waals surface area contributed by atoms with Crippen LogP contribution in [-0.4, -0.2) is 15.3 Å². The maximum atomic E-state index is 12.0. The minimum atomic E-state index is 0.107. The van der Waals surface area contributed by atoms with Crippen molar-refractivity contribution in [1.29, 1.82) is 0 Å². The van der Waals surface area contributed by atoms with E-state index >= 15 is 0 Å². The van der Waals surface area contributed by atoms with Crippen LogP contribution in [0.5, 0.6) is 0 Å². The SMILES string of the molecule is Cc1ccn2cc(-c3cccc(NC(=O)CC4CC4)c3)nc2c1. The van der Waals surface area contributed by atoms with Gasteiger partial charge in [-0.2, -0.15) is 0 Å². The molecule has 23 heavy (non-hydrogen) atoms. The van der Waals surface area contributed by atoms with Gasteiger partial charge in [-0.15, -0.1) is 0 Å². The third-order valence-electron chi connectivity index (χ3n) is 4.23. The Hall–Kier alpha value is -2.62. The second kappa shape index (κ2) is 5.54. The molecule has 0 aliphatic heterocycles. The Labute approximate surface area is 135 Å². The summed E-state index contributed by atoms with van der Waals surface area (Å²) in [5, 5.41) is 2.99. The third kappa shape index (κ3) is 3.11. The molecule has 4 heteroatoms. The van der Waals surface area contributed by atoms with Crippen LogP contribution in [0.25, 0.3) is 16.9 Å². The van der Waals surface area contributed by atoms with E-state index in [1.807, 2.05) is 41.1 Å². The number of fused-ring (bicyclic) bond motifs is 1. The maximum Gasteiger partial charge on any atom is 0.224 e. The Morgan fingerprint density at radius 2 is 2.17 bits per heavy atom. The van der Waals surface area contributed by atoms with Crippen molar-refractivity contribution in [3.63, 3.8) is 0 Å². The number of imidazole rings is 1. The summed E-state index contributed by atoms with van der Waals surface area (Å²) in [5.41, 5.74) is 4.88. The number of nitrogens with one attached hydrogen (secondary N) is 1. The van der Waals surface area contributed by atoms with E-state index in [1.54, 1.807) is 0 Å². The van der Waals surface area contributed by atoms with Gasteiger partial charge in [0, 0.05) is 30.1 Å². The summed E-state index contributed by atoms with van der Waals surface area (Å²) in [6, 6.07) is 12.0. The van der Waals surface area contributed by atoms with Crippen molar-refractivity contribution in [2.75, 3.05) is 5.32 Å². The highest BCUT2D eigenvalue weighted by Gasteiger charge is 2.24. The largest absolute Gasteiger partial charge is 0.326 e. The molecule has 1 aliphatic carbocycles. The van der Waals surface area contributed by atoms with Gasteiger partial charge in [-0.25, -0.2) is 4.98 Å². The molecule has 0 spiro atoms. The molecule has 3 aromatic rings. The summed E-state index contributed by atoms with van der Waals surface area (Å²) in [5.74, 6) is 0.704. The Balaban J connectivity index is 1.59. The number of nitrogens with zero attached hydrogens (tertiary/aromatic N) is 2. The minimum absolute atomic E-state index is 0.107. The van der Waals surface area contributed by atoms with E-state index in [-0.39, 0.29) is 5.91 Å². The normalized spacial score (nSPS) is 14.1. The van der Waals surface area contributed by atoms with Crippen molar-refractivity contribution in [3.05, 3.63) is 54.4 Å². The highest BCUT2D eigenvalue weighted by Crippen LogP contribution is 2.32. The molecule has 0 saturated heterocycles. The van der Waals surface area contributed by atoms with E-state index in [4.69, 9.17) is 0 Å².